The Morgan fingerprint density at radius 3 is 2.47 bits per heavy atom. The van der Waals surface area contributed by atoms with Gasteiger partial charge in [0, 0.05) is 56.0 Å². The van der Waals surface area contributed by atoms with Gasteiger partial charge in [0.2, 0.25) is 0 Å². The van der Waals surface area contributed by atoms with Crippen LogP contribution in [0.15, 0.2) is 54.7 Å². The van der Waals surface area contributed by atoms with E-state index in [1.165, 1.54) is 30.5 Å². The molecule has 2 aliphatic heterocycles. The van der Waals surface area contributed by atoms with Crippen molar-refractivity contribution in [3.05, 3.63) is 65.9 Å². The molecule has 5 rings (SSSR count). The van der Waals surface area contributed by atoms with Crippen LogP contribution >= 0.6 is 0 Å². The number of anilines is 2. The van der Waals surface area contributed by atoms with Crippen LogP contribution in [0, 0.1) is 6.92 Å². The number of piperidine rings is 1. The van der Waals surface area contributed by atoms with Gasteiger partial charge in [-0.25, -0.2) is 4.98 Å². The van der Waals surface area contributed by atoms with Crippen molar-refractivity contribution in [2.24, 2.45) is 0 Å². The highest BCUT2D eigenvalue weighted by Gasteiger charge is 2.29. The summed E-state index contributed by atoms with van der Waals surface area (Å²) in [7, 11) is 0. The highest BCUT2D eigenvalue weighted by atomic mass is 16.2. The molecule has 0 bridgehead atoms. The third kappa shape index (κ3) is 3.92. The van der Waals surface area contributed by atoms with Gasteiger partial charge in [-0.1, -0.05) is 36.4 Å². The van der Waals surface area contributed by atoms with Crippen LogP contribution in [0.4, 0.5) is 11.5 Å². The second-order valence-corrected chi connectivity index (χ2v) is 9.22. The van der Waals surface area contributed by atoms with Crippen LogP contribution in [-0.2, 0) is 0 Å². The maximum absolute atomic E-state index is 13.6. The second kappa shape index (κ2) is 8.81. The van der Waals surface area contributed by atoms with Crippen LogP contribution in [0.1, 0.15) is 42.1 Å². The van der Waals surface area contributed by atoms with Gasteiger partial charge >= 0.3 is 0 Å². The molecule has 3 aromatic rings. The summed E-state index contributed by atoms with van der Waals surface area (Å²) in [4.78, 5) is 25.2. The monoisotopic (exact) mass is 428 g/mol. The lowest BCUT2D eigenvalue weighted by Gasteiger charge is -2.41. The lowest BCUT2D eigenvalue weighted by atomic mass is 10.0. The average Bonchev–Trinajstić information content (AvgIpc) is 2.83. The van der Waals surface area contributed by atoms with E-state index < -0.39 is 0 Å². The van der Waals surface area contributed by atoms with Gasteiger partial charge in [0.05, 0.1) is 5.56 Å². The third-order valence-electron chi connectivity index (χ3n) is 6.91. The van der Waals surface area contributed by atoms with Crippen molar-refractivity contribution in [1.82, 2.24) is 9.88 Å². The van der Waals surface area contributed by atoms with E-state index in [1.54, 1.807) is 0 Å². The van der Waals surface area contributed by atoms with E-state index >= 15 is 0 Å². The molecule has 0 radical (unpaired) electrons. The molecule has 2 aliphatic rings. The van der Waals surface area contributed by atoms with Gasteiger partial charge in [-0.15, -0.1) is 0 Å². The molecule has 0 saturated carbocycles. The summed E-state index contributed by atoms with van der Waals surface area (Å²) in [5.74, 6) is 1.11. The Morgan fingerprint density at radius 2 is 1.72 bits per heavy atom. The number of amides is 1. The van der Waals surface area contributed by atoms with E-state index in [2.05, 4.69) is 66.1 Å². The summed E-state index contributed by atoms with van der Waals surface area (Å²) < 4.78 is 0. The molecule has 0 unspecified atom stereocenters. The highest BCUT2D eigenvalue weighted by Crippen LogP contribution is 2.30. The summed E-state index contributed by atoms with van der Waals surface area (Å²) in [6.45, 7) is 8.70. The topological polar surface area (TPSA) is 39.7 Å². The Kier molecular flexibility index (Phi) is 5.73. The van der Waals surface area contributed by atoms with Gasteiger partial charge in [0.25, 0.3) is 5.91 Å². The van der Waals surface area contributed by atoms with Crippen LogP contribution in [0.3, 0.4) is 0 Å². The first kappa shape index (κ1) is 20.8. The van der Waals surface area contributed by atoms with Crippen molar-refractivity contribution >= 4 is 28.2 Å². The number of benzene rings is 2. The quantitative estimate of drug-likeness (QED) is 0.596. The van der Waals surface area contributed by atoms with Crippen molar-refractivity contribution in [2.75, 3.05) is 42.5 Å². The fourth-order valence-corrected chi connectivity index (χ4v) is 5.21. The van der Waals surface area contributed by atoms with Gasteiger partial charge in [-0.3, -0.25) is 4.79 Å². The van der Waals surface area contributed by atoms with Crippen LogP contribution < -0.4 is 9.80 Å². The number of nitrogens with zero attached hydrogens (tertiary/aromatic N) is 4. The summed E-state index contributed by atoms with van der Waals surface area (Å²) in [6, 6.07) is 17.2. The van der Waals surface area contributed by atoms with E-state index in [-0.39, 0.29) is 11.9 Å². The van der Waals surface area contributed by atoms with Gasteiger partial charge in [-0.2, -0.15) is 0 Å². The van der Waals surface area contributed by atoms with Crippen molar-refractivity contribution in [3.63, 3.8) is 0 Å². The average molecular weight is 429 g/mol. The Bertz CT molecular complexity index is 1120. The van der Waals surface area contributed by atoms with E-state index in [9.17, 15) is 4.79 Å². The van der Waals surface area contributed by atoms with E-state index in [4.69, 9.17) is 4.98 Å². The molecule has 2 aromatic carbocycles. The largest absolute Gasteiger partial charge is 0.365 e. The molecule has 3 heterocycles. The maximum Gasteiger partial charge on any atom is 0.256 e. The number of fused-ring (bicyclic) bond motifs is 1. The SMILES string of the molecule is Cc1cccc(N2CCN(C(=O)c3cnc(N4CCCCC4)c4ccccc34)C[C@@H]2C)c1. The molecule has 0 spiro atoms. The van der Waals surface area contributed by atoms with E-state index in [1.807, 2.05) is 17.2 Å². The molecule has 2 saturated heterocycles. The van der Waals surface area contributed by atoms with Gasteiger partial charge in [0.1, 0.15) is 5.82 Å². The first-order valence-electron chi connectivity index (χ1n) is 11.9. The molecule has 5 nitrogen and oxygen atoms in total. The van der Waals surface area contributed by atoms with Crippen LogP contribution in [-0.4, -0.2) is 54.6 Å². The number of aromatic nitrogens is 1. The number of pyridine rings is 1. The number of rotatable bonds is 3. The zero-order chi connectivity index (χ0) is 22.1. The minimum atomic E-state index is 0.0923. The van der Waals surface area contributed by atoms with Gasteiger partial charge < -0.3 is 14.7 Å². The zero-order valence-electron chi connectivity index (χ0n) is 19.1. The van der Waals surface area contributed by atoms with Crippen molar-refractivity contribution in [2.45, 2.75) is 39.2 Å². The standard InChI is InChI=1S/C27H32N4O/c1-20-9-8-10-22(17-20)31-16-15-30(19-21(31)2)27(32)25-18-28-26(29-13-6-3-7-14-29)24-12-5-4-11-23(24)25/h4-5,8-12,17-18,21H,3,6-7,13-16,19H2,1-2H3/t21-/m0/s1. The second-order valence-electron chi connectivity index (χ2n) is 9.22. The van der Waals surface area contributed by atoms with Crippen molar-refractivity contribution in [1.29, 1.82) is 0 Å². The summed E-state index contributed by atoms with van der Waals surface area (Å²) >= 11 is 0. The maximum atomic E-state index is 13.6. The Balaban J connectivity index is 1.39. The minimum Gasteiger partial charge on any atom is -0.365 e. The predicted molar refractivity (Wildman–Crippen MR) is 132 cm³/mol. The number of carbonyl (C=O) groups excluding carboxylic acids is 1. The van der Waals surface area contributed by atoms with Gasteiger partial charge in [0.15, 0.2) is 0 Å². The van der Waals surface area contributed by atoms with Crippen LogP contribution in [0.25, 0.3) is 10.8 Å². The lowest BCUT2D eigenvalue weighted by molar-refractivity contribution is 0.0728. The molecule has 1 atom stereocenters. The van der Waals surface area contributed by atoms with Crippen LogP contribution in [0.2, 0.25) is 0 Å². The zero-order valence-corrected chi connectivity index (χ0v) is 19.1. The smallest absolute Gasteiger partial charge is 0.256 e. The Labute approximate surface area is 190 Å². The molecule has 32 heavy (non-hydrogen) atoms. The number of hydrogen-bond donors (Lipinski definition) is 0. The third-order valence-corrected chi connectivity index (χ3v) is 6.91. The number of piperazine rings is 1. The molecule has 2 fully saturated rings. The van der Waals surface area contributed by atoms with Crippen LogP contribution in [0.5, 0.6) is 0 Å². The molecule has 0 N–H and O–H groups in total. The fraction of sp³-hybridized carbons (Fsp3) is 0.407. The Hall–Kier alpha value is -3.08. The van der Waals surface area contributed by atoms with Gasteiger partial charge in [-0.05, 0) is 56.2 Å². The molecule has 166 valence electrons. The first-order valence-corrected chi connectivity index (χ1v) is 11.9. The number of aryl methyl sites for hydroxylation is 1. The molecular formula is C27H32N4O. The highest BCUT2D eigenvalue weighted by molar-refractivity contribution is 6.09. The predicted octanol–water partition coefficient (Wildman–Crippen LogP) is 4.88. The van der Waals surface area contributed by atoms with Crippen molar-refractivity contribution in [3.8, 4) is 0 Å². The first-order chi connectivity index (χ1) is 15.6. The molecule has 0 aliphatic carbocycles. The van der Waals surface area contributed by atoms with Crippen molar-refractivity contribution < 1.29 is 4.79 Å². The van der Waals surface area contributed by atoms with E-state index in [0.717, 1.165) is 54.9 Å². The Morgan fingerprint density at radius 1 is 0.938 bits per heavy atom. The molecule has 1 amide bonds. The number of hydrogen-bond acceptors (Lipinski definition) is 4. The number of carbonyl (C=O) groups is 1. The molecule has 5 heteroatoms. The summed E-state index contributed by atoms with van der Waals surface area (Å²) in [5, 5.41) is 2.11. The minimum absolute atomic E-state index is 0.0923. The molecule has 1 aromatic heterocycles. The summed E-state index contributed by atoms with van der Waals surface area (Å²) in [5.41, 5.74) is 3.22. The normalized spacial score (nSPS) is 19.4. The molecular weight excluding hydrogens is 396 g/mol. The summed E-state index contributed by atoms with van der Waals surface area (Å²) in [6.07, 6.45) is 5.52. The fourth-order valence-electron chi connectivity index (χ4n) is 5.21. The van der Waals surface area contributed by atoms with E-state index in [0.29, 0.717) is 0 Å². The lowest BCUT2D eigenvalue weighted by Crippen LogP contribution is -2.53.